The molecule has 0 radical (unpaired) electrons. The number of thiazole rings is 1. The van der Waals surface area contributed by atoms with Crippen molar-refractivity contribution in [2.24, 2.45) is 0 Å². The Balaban J connectivity index is 1.60. The lowest BCUT2D eigenvalue weighted by Gasteiger charge is -2.23. The van der Waals surface area contributed by atoms with Gasteiger partial charge in [0.25, 0.3) is 0 Å². The Labute approximate surface area is 135 Å². The van der Waals surface area contributed by atoms with Crippen LogP contribution in [0.2, 0.25) is 0 Å². The van der Waals surface area contributed by atoms with Crippen LogP contribution in [-0.4, -0.2) is 30.0 Å². The highest BCUT2D eigenvalue weighted by Crippen LogP contribution is 2.24. The maximum absolute atomic E-state index is 12.1. The third kappa shape index (κ3) is 3.93. The molecular weight excluding hydrogens is 294 g/mol. The minimum Gasteiger partial charge on any atom is -0.353 e. The van der Waals surface area contributed by atoms with Crippen molar-refractivity contribution in [1.82, 2.24) is 15.6 Å². The Bertz CT molecular complexity index is 647. The quantitative estimate of drug-likeness (QED) is 0.911. The lowest BCUT2D eigenvalue weighted by atomic mass is 10.1. The summed E-state index contributed by atoms with van der Waals surface area (Å²) in [5.74, 6) is 0.0768. The van der Waals surface area contributed by atoms with Gasteiger partial charge in [-0.15, -0.1) is 11.3 Å². The highest BCUT2D eigenvalue weighted by molar-refractivity contribution is 7.13. The van der Waals surface area contributed by atoms with Gasteiger partial charge in [-0.2, -0.15) is 0 Å². The van der Waals surface area contributed by atoms with E-state index < -0.39 is 0 Å². The zero-order valence-corrected chi connectivity index (χ0v) is 13.6. The molecule has 0 atom stereocenters. The average molecular weight is 315 g/mol. The summed E-state index contributed by atoms with van der Waals surface area (Å²) in [7, 11) is 0. The van der Waals surface area contributed by atoms with Crippen LogP contribution in [0.1, 0.15) is 24.1 Å². The lowest BCUT2D eigenvalue weighted by molar-refractivity contribution is -0.121. The van der Waals surface area contributed by atoms with Crippen molar-refractivity contribution in [2.45, 2.75) is 32.2 Å². The number of hydrogen-bond donors (Lipinski definition) is 2. The van der Waals surface area contributed by atoms with E-state index in [0.29, 0.717) is 12.5 Å². The number of piperidine rings is 1. The monoisotopic (exact) mass is 315 g/mol. The molecule has 5 heteroatoms. The number of amides is 1. The second-order valence-electron chi connectivity index (χ2n) is 5.78. The second kappa shape index (κ2) is 7.03. The molecule has 1 amide bonds. The first kappa shape index (κ1) is 15.2. The highest BCUT2D eigenvalue weighted by atomic mass is 32.1. The van der Waals surface area contributed by atoms with Gasteiger partial charge in [-0.1, -0.05) is 23.8 Å². The van der Waals surface area contributed by atoms with Crippen LogP contribution in [-0.2, 0) is 11.2 Å². The van der Waals surface area contributed by atoms with Gasteiger partial charge in [0, 0.05) is 17.0 Å². The minimum atomic E-state index is 0.0768. The van der Waals surface area contributed by atoms with Gasteiger partial charge in [0.15, 0.2) is 0 Å². The summed E-state index contributed by atoms with van der Waals surface area (Å²) in [5, 5.41) is 9.38. The summed E-state index contributed by atoms with van der Waals surface area (Å²) in [4.78, 5) is 16.7. The van der Waals surface area contributed by atoms with E-state index >= 15 is 0 Å². The first-order valence-electron chi connectivity index (χ1n) is 7.72. The van der Waals surface area contributed by atoms with E-state index in [1.807, 2.05) is 11.4 Å². The normalized spacial score (nSPS) is 15.7. The second-order valence-corrected chi connectivity index (χ2v) is 6.64. The van der Waals surface area contributed by atoms with Crippen LogP contribution in [0.3, 0.4) is 0 Å². The van der Waals surface area contributed by atoms with E-state index in [-0.39, 0.29) is 5.91 Å². The summed E-state index contributed by atoms with van der Waals surface area (Å²) in [6.45, 7) is 4.04. The fourth-order valence-corrected chi connectivity index (χ4v) is 3.53. The molecule has 2 N–H and O–H groups in total. The standard InChI is InChI=1S/C17H21N3OS/c1-12-3-2-4-13(9-12)17-20-15(11-22-17)10-16(21)19-14-5-7-18-8-6-14/h2-4,9,11,14,18H,5-8,10H2,1H3,(H,19,21). The Morgan fingerprint density at radius 2 is 2.23 bits per heavy atom. The number of aryl methyl sites for hydroxylation is 1. The number of hydrogen-bond acceptors (Lipinski definition) is 4. The molecule has 0 saturated carbocycles. The third-order valence-corrected chi connectivity index (χ3v) is 4.80. The van der Waals surface area contributed by atoms with E-state index in [2.05, 4.69) is 40.7 Å². The van der Waals surface area contributed by atoms with Crippen LogP contribution in [0.15, 0.2) is 29.6 Å². The Hall–Kier alpha value is -1.72. The summed E-state index contributed by atoms with van der Waals surface area (Å²) in [6, 6.07) is 8.60. The molecule has 1 aromatic carbocycles. The van der Waals surface area contributed by atoms with E-state index in [9.17, 15) is 4.79 Å². The van der Waals surface area contributed by atoms with Crippen molar-refractivity contribution < 1.29 is 4.79 Å². The van der Waals surface area contributed by atoms with Crippen LogP contribution in [0, 0.1) is 6.92 Å². The van der Waals surface area contributed by atoms with Gasteiger partial charge in [0.05, 0.1) is 12.1 Å². The molecule has 1 aliphatic heterocycles. The summed E-state index contributed by atoms with van der Waals surface area (Å²) >= 11 is 1.60. The highest BCUT2D eigenvalue weighted by Gasteiger charge is 2.16. The summed E-state index contributed by atoms with van der Waals surface area (Å²) < 4.78 is 0. The number of nitrogens with one attached hydrogen (secondary N) is 2. The van der Waals surface area contributed by atoms with Gasteiger partial charge in [-0.3, -0.25) is 4.79 Å². The van der Waals surface area contributed by atoms with Gasteiger partial charge in [0.1, 0.15) is 5.01 Å². The largest absolute Gasteiger partial charge is 0.353 e. The zero-order valence-electron chi connectivity index (χ0n) is 12.8. The van der Waals surface area contributed by atoms with Crippen molar-refractivity contribution in [2.75, 3.05) is 13.1 Å². The molecule has 1 saturated heterocycles. The van der Waals surface area contributed by atoms with Gasteiger partial charge < -0.3 is 10.6 Å². The number of rotatable bonds is 4. The minimum absolute atomic E-state index is 0.0768. The van der Waals surface area contributed by atoms with Crippen molar-refractivity contribution in [1.29, 1.82) is 0 Å². The van der Waals surface area contributed by atoms with Crippen LogP contribution in [0.25, 0.3) is 10.6 Å². The van der Waals surface area contributed by atoms with Crippen LogP contribution < -0.4 is 10.6 Å². The van der Waals surface area contributed by atoms with Crippen LogP contribution >= 0.6 is 11.3 Å². The van der Waals surface area contributed by atoms with Crippen LogP contribution in [0.5, 0.6) is 0 Å². The van der Waals surface area contributed by atoms with Crippen LogP contribution in [0.4, 0.5) is 0 Å². The third-order valence-electron chi connectivity index (χ3n) is 3.86. The number of carbonyl (C=O) groups is 1. The Morgan fingerprint density at radius 3 is 3.00 bits per heavy atom. The fourth-order valence-electron chi connectivity index (χ4n) is 2.71. The molecule has 2 heterocycles. The number of aromatic nitrogens is 1. The van der Waals surface area contributed by atoms with E-state index in [1.165, 1.54) is 5.56 Å². The van der Waals surface area contributed by atoms with Gasteiger partial charge in [-0.25, -0.2) is 4.98 Å². The fraction of sp³-hybridized carbons (Fsp3) is 0.412. The molecule has 0 bridgehead atoms. The smallest absolute Gasteiger partial charge is 0.226 e. The molecule has 0 spiro atoms. The molecule has 1 aromatic heterocycles. The van der Waals surface area contributed by atoms with Crippen molar-refractivity contribution in [3.63, 3.8) is 0 Å². The average Bonchev–Trinajstić information content (AvgIpc) is 2.96. The topological polar surface area (TPSA) is 54.0 Å². The van der Waals surface area contributed by atoms with Crippen molar-refractivity contribution >= 4 is 17.2 Å². The maximum Gasteiger partial charge on any atom is 0.226 e. The molecule has 1 aliphatic rings. The SMILES string of the molecule is Cc1cccc(-c2nc(CC(=O)NC3CCNCC3)cs2)c1. The summed E-state index contributed by atoms with van der Waals surface area (Å²) in [6.07, 6.45) is 2.39. The number of carbonyl (C=O) groups excluding carboxylic acids is 1. The number of nitrogens with zero attached hydrogens (tertiary/aromatic N) is 1. The molecule has 0 aliphatic carbocycles. The van der Waals surface area contributed by atoms with E-state index in [1.54, 1.807) is 11.3 Å². The first-order valence-corrected chi connectivity index (χ1v) is 8.60. The molecule has 4 nitrogen and oxygen atoms in total. The van der Waals surface area contributed by atoms with Gasteiger partial charge in [-0.05, 0) is 38.9 Å². The molecule has 0 unspecified atom stereocenters. The maximum atomic E-state index is 12.1. The number of benzene rings is 1. The Kier molecular flexibility index (Phi) is 4.85. The summed E-state index contributed by atoms with van der Waals surface area (Å²) in [5.41, 5.74) is 3.20. The predicted octanol–water partition coefficient (Wildman–Crippen LogP) is 2.53. The van der Waals surface area contributed by atoms with E-state index in [0.717, 1.165) is 42.2 Å². The van der Waals surface area contributed by atoms with Crippen molar-refractivity contribution in [3.8, 4) is 10.6 Å². The van der Waals surface area contributed by atoms with Crippen molar-refractivity contribution in [3.05, 3.63) is 40.9 Å². The molecule has 3 rings (SSSR count). The molecular formula is C17H21N3OS. The van der Waals surface area contributed by atoms with Gasteiger partial charge >= 0.3 is 0 Å². The lowest BCUT2D eigenvalue weighted by Crippen LogP contribution is -2.43. The zero-order chi connectivity index (χ0) is 15.4. The molecule has 22 heavy (non-hydrogen) atoms. The molecule has 2 aromatic rings. The molecule has 1 fully saturated rings. The predicted molar refractivity (Wildman–Crippen MR) is 90.0 cm³/mol. The van der Waals surface area contributed by atoms with Gasteiger partial charge in [0.2, 0.25) is 5.91 Å². The Morgan fingerprint density at radius 1 is 1.41 bits per heavy atom. The van der Waals surface area contributed by atoms with E-state index in [4.69, 9.17) is 0 Å². The molecule has 116 valence electrons. The first-order chi connectivity index (χ1) is 10.7.